The lowest BCUT2D eigenvalue weighted by atomic mass is 10.1. The van der Waals surface area contributed by atoms with Crippen LogP contribution in [0.2, 0.25) is 0 Å². The first-order chi connectivity index (χ1) is 12.0. The van der Waals surface area contributed by atoms with Crippen LogP contribution in [0.5, 0.6) is 0 Å². The predicted molar refractivity (Wildman–Crippen MR) is 97.7 cm³/mol. The molecular formula is C18H23N7. The van der Waals surface area contributed by atoms with Crippen molar-refractivity contribution >= 4 is 17.2 Å². The number of rotatable bonds is 5. The van der Waals surface area contributed by atoms with Crippen LogP contribution in [0.3, 0.4) is 0 Å². The fraction of sp³-hybridized carbons (Fsp3) is 0.444. The van der Waals surface area contributed by atoms with E-state index in [1.165, 1.54) is 0 Å². The van der Waals surface area contributed by atoms with E-state index in [1.807, 2.05) is 28.8 Å². The summed E-state index contributed by atoms with van der Waals surface area (Å²) in [6.45, 7) is 6.98. The SMILES string of the molecule is CC(C)(C)Nc1cc(NCc2ccccn2)c2nnc(C3CC3)n2n1. The van der Waals surface area contributed by atoms with Crippen molar-refractivity contribution in [3.63, 3.8) is 0 Å². The number of hydrogen-bond donors (Lipinski definition) is 2. The van der Waals surface area contributed by atoms with E-state index >= 15 is 0 Å². The van der Waals surface area contributed by atoms with E-state index < -0.39 is 0 Å². The van der Waals surface area contributed by atoms with Gasteiger partial charge in [-0.15, -0.1) is 15.3 Å². The van der Waals surface area contributed by atoms with Crippen LogP contribution >= 0.6 is 0 Å². The third-order valence-corrected chi connectivity index (χ3v) is 4.03. The predicted octanol–water partition coefficient (Wildman–Crippen LogP) is 3.22. The zero-order valence-electron chi connectivity index (χ0n) is 14.8. The minimum absolute atomic E-state index is 0.0767. The van der Waals surface area contributed by atoms with Crippen LogP contribution in [0.15, 0.2) is 30.5 Å². The highest BCUT2D eigenvalue weighted by Crippen LogP contribution is 2.39. The summed E-state index contributed by atoms with van der Waals surface area (Å²) < 4.78 is 1.88. The molecule has 7 nitrogen and oxygen atoms in total. The topological polar surface area (TPSA) is 80.0 Å². The second-order valence-electron chi connectivity index (χ2n) is 7.56. The summed E-state index contributed by atoms with van der Waals surface area (Å²) in [4.78, 5) is 4.36. The summed E-state index contributed by atoms with van der Waals surface area (Å²) in [5.41, 5.74) is 2.57. The average molecular weight is 337 g/mol. The molecule has 1 saturated carbocycles. The lowest BCUT2D eigenvalue weighted by molar-refractivity contribution is 0.626. The van der Waals surface area contributed by atoms with Crippen LogP contribution in [0, 0.1) is 0 Å². The molecule has 1 aliphatic rings. The van der Waals surface area contributed by atoms with E-state index in [0.29, 0.717) is 12.5 Å². The van der Waals surface area contributed by atoms with Crippen molar-refractivity contribution in [1.82, 2.24) is 24.8 Å². The molecule has 1 aliphatic carbocycles. The van der Waals surface area contributed by atoms with E-state index in [4.69, 9.17) is 5.10 Å². The molecule has 130 valence electrons. The second kappa shape index (κ2) is 5.98. The zero-order valence-corrected chi connectivity index (χ0v) is 14.8. The molecule has 0 atom stereocenters. The molecule has 7 heteroatoms. The largest absolute Gasteiger partial charge is 0.376 e. The smallest absolute Gasteiger partial charge is 0.201 e. The Hall–Kier alpha value is -2.70. The fourth-order valence-corrected chi connectivity index (χ4v) is 2.76. The Morgan fingerprint density at radius 3 is 2.72 bits per heavy atom. The molecule has 3 heterocycles. The monoisotopic (exact) mass is 337 g/mol. The first-order valence-electron chi connectivity index (χ1n) is 8.68. The lowest BCUT2D eigenvalue weighted by Crippen LogP contribution is -2.27. The highest BCUT2D eigenvalue weighted by molar-refractivity contribution is 5.70. The van der Waals surface area contributed by atoms with Gasteiger partial charge in [-0.05, 0) is 45.7 Å². The van der Waals surface area contributed by atoms with Gasteiger partial charge in [-0.3, -0.25) is 4.98 Å². The number of hydrogen-bond acceptors (Lipinski definition) is 6. The summed E-state index contributed by atoms with van der Waals surface area (Å²) in [6.07, 6.45) is 4.13. The molecule has 0 bridgehead atoms. The summed E-state index contributed by atoms with van der Waals surface area (Å²) in [7, 11) is 0. The Morgan fingerprint density at radius 1 is 1.20 bits per heavy atom. The van der Waals surface area contributed by atoms with Gasteiger partial charge in [0, 0.05) is 23.7 Å². The third-order valence-electron chi connectivity index (χ3n) is 4.03. The summed E-state index contributed by atoms with van der Waals surface area (Å²) in [6, 6.07) is 7.90. The van der Waals surface area contributed by atoms with Crippen LogP contribution in [0.25, 0.3) is 5.65 Å². The van der Waals surface area contributed by atoms with Crippen molar-refractivity contribution in [1.29, 1.82) is 0 Å². The number of nitrogens with zero attached hydrogens (tertiary/aromatic N) is 5. The highest BCUT2D eigenvalue weighted by atomic mass is 15.4. The molecule has 0 aromatic carbocycles. The Morgan fingerprint density at radius 2 is 2.04 bits per heavy atom. The van der Waals surface area contributed by atoms with E-state index in [1.54, 1.807) is 6.20 Å². The van der Waals surface area contributed by atoms with Gasteiger partial charge in [-0.25, -0.2) is 0 Å². The maximum Gasteiger partial charge on any atom is 0.201 e. The summed E-state index contributed by atoms with van der Waals surface area (Å²) in [5, 5.41) is 20.4. The molecule has 0 radical (unpaired) electrons. The van der Waals surface area contributed by atoms with Gasteiger partial charge < -0.3 is 10.6 Å². The Kier molecular flexibility index (Phi) is 3.78. The molecule has 0 spiro atoms. The number of fused-ring (bicyclic) bond motifs is 1. The Labute approximate surface area is 146 Å². The minimum Gasteiger partial charge on any atom is -0.376 e. The van der Waals surface area contributed by atoms with Gasteiger partial charge in [0.25, 0.3) is 0 Å². The Balaban J connectivity index is 1.70. The fourth-order valence-electron chi connectivity index (χ4n) is 2.76. The third kappa shape index (κ3) is 3.55. The minimum atomic E-state index is -0.0767. The number of nitrogens with one attached hydrogen (secondary N) is 2. The van der Waals surface area contributed by atoms with Crippen molar-refractivity contribution in [2.45, 2.75) is 51.6 Å². The van der Waals surface area contributed by atoms with Crippen molar-refractivity contribution in [2.75, 3.05) is 10.6 Å². The van der Waals surface area contributed by atoms with Crippen LogP contribution in [-0.2, 0) is 6.54 Å². The molecule has 25 heavy (non-hydrogen) atoms. The number of aromatic nitrogens is 5. The summed E-state index contributed by atoms with van der Waals surface area (Å²) in [5.74, 6) is 2.25. The van der Waals surface area contributed by atoms with Gasteiger partial charge in [-0.2, -0.15) is 4.52 Å². The molecular weight excluding hydrogens is 314 g/mol. The molecule has 0 unspecified atom stereocenters. The first kappa shape index (κ1) is 15.8. The van der Waals surface area contributed by atoms with Crippen LogP contribution in [0.1, 0.15) is 51.0 Å². The first-order valence-corrected chi connectivity index (χ1v) is 8.68. The van der Waals surface area contributed by atoms with Gasteiger partial charge in [-0.1, -0.05) is 6.07 Å². The maximum absolute atomic E-state index is 4.72. The van der Waals surface area contributed by atoms with Gasteiger partial charge in [0.2, 0.25) is 5.65 Å². The summed E-state index contributed by atoms with van der Waals surface area (Å²) >= 11 is 0. The van der Waals surface area contributed by atoms with Crippen LogP contribution < -0.4 is 10.6 Å². The van der Waals surface area contributed by atoms with E-state index in [2.05, 4.69) is 46.6 Å². The van der Waals surface area contributed by atoms with Gasteiger partial charge in [0.15, 0.2) is 5.82 Å². The standard InChI is InChI=1S/C18H23N7/c1-18(2,3)21-15-10-14(20-11-13-6-4-5-9-19-13)17-23-22-16(12-7-8-12)25(17)24-15/h4-6,9-10,12,20H,7-8,11H2,1-3H3,(H,21,24). The Bertz CT molecular complexity index is 876. The van der Waals surface area contributed by atoms with Gasteiger partial charge >= 0.3 is 0 Å². The van der Waals surface area contributed by atoms with Crippen LogP contribution in [-0.4, -0.2) is 30.3 Å². The molecule has 2 N–H and O–H groups in total. The highest BCUT2D eigenvalue weighted by Gasteiger charge is 2.30. The molecule has 0 aliphatic heterocycles. The molecule has 1 fully saturated rings. The van der Waals surface area contributed by atoms with E-state index in [0.717, 1.165) is 41.5 Å². The second-order valence-corrected chi connectivity index (χ2v) is 7.56. The zero-order chi connectivity index (χ0) is 17.4. The molecule has 0 saturated heterocycles. The van der Waals surface area contributed by atoms with E-state index in [-0.39, 0.29) is 5.54 Å². The van der Waals surface area contributed by atoms with Crippen molar-refractivity contribution in [2.24, 2.45) is 0 Å². The number of anilines is 2. The van der Waals surface area contributed by atoms with Crippen molar-refractivity contribution < 1.29 is 0 Å². The molecule has 3 aromatic rings. The number of pyridine rings is 1. The maximum atomic E-state index is 4.72. The average Bonchev–Trinajstić information content (AvgIpc) is 3.32. The molecule has 0 amide bonds. The molecule has 3 aromatic heterocycles. The van der Waals surface area contributed by atoms with Gasteiger partial charge in [0.1, 0.15) is 5.82 Å². The van der Waals surface area contributed by atoms with Crippen molar-refractivity contribution in [3.05, 3.63) is 42.0 Å². The van der Waals surface area contributed by atoms with Crippen LogP contribution in [0.4, 0.5) is 11.5 Å². The normalized spacial score (nSPS) is 14.7. The van der Waals surface area contributed by atoms with Gasteiger partial charge in [0.05, 0.1) is 17.9 Å². The van der Waals surface area contributed by atoms with E-state index in [9.17, 15) is 0 Å². The molecule has 4 rings (SSSR count). The lowest BCUT2D eigenvalue weighted by Gasteiger charge is -2.22. The quantitative estimate of drug-likeness (QED) is 0.744. The van der Waals surface area contributed by atoms with Crippen molar-refractivity contribution in [3.8, 4) is 0 Å².